The Morgan fingerprint density at radius 3 is 2.60 bits per heavy atom. The molecule has 0 radical (unpaired) electrons. The van der Waals surface area contributed by atoms with Crippen LogP contribution >= 0.6 is 0 Å². The predicted octanol–water partition coefficient (Wildman–Crippen LogP) is 1.88. The number of hydrogen-bond donors (Lipinski definition) is 0. The quantitative estimate of drug-likeness (QED) is 0.774. The number of rotatable bonds is 2. The van der Waals surface area contributed by atoms with Crippen molar-refractivity contribution in [1.82, 2.24) is 14.7 Å². The molecule has 1 aromatic heterocycles. The average molecular weight is 277 g/mol. The first kappa shape index (κ1) is 13.6. The minimum absolute atomic E-state index is 0.0462. The topological polar surface area (TPSA) is 47.4 Å². The summed E-state index contributed by atoms with van der Waals surface area (Å²) in [5.41, 5.74) is 3.59. The number of cyclic esters (lactones) is 1. The minimum Gasteiger partial charge on any atom is -0.461 e. The second-order valence-electron chi connectivity index (χ2n) is 6.10. The van der Waals surface area contributed by atoms with E-state index in [2.05, 4.69) is 23.8 Å². The van der Waals surface area contributed by atoms with Crippen molar-refractivity contribution in [2.24, 2.45) is 7.05 Å². The fourth-order valence-corrected chi connectivity index (χ4v) is 3.75. The Morgan fingerprint density at radius 1 is 1.30 bits per heavy atom. The van der Waals surface area contributed by atoms with E-state index in [1.807, 2.05) is 18.7 Å². The summed E-state index contributed by atoms with van der Waals surface area (Å²) in [6.07, 6.45) is 3.10. The molecule has 2 fully saturated rings. The molecule has 0 saturated carbocycles. The van der Waals surface area contributed by atoms with Gasteiger partial charge in [0.25, 0.3) is 0 Å². The van der Waals surface area contributed by atoms with E-state index in [1.165, 1.54) is 11.3 Å². The van der Waals surface area contributed by atoms with Crippen LogP contribution < -0.4 is 0 Å². The number of aromatic nitrogens is 2. The summed E-state index contributed by atoms with van der Waals surface area (Å²) in [7, 11) is 1.98. The molecule has 0 spiro atoms. The van der Waals surface area contributed by atoms with Gasteiger partial charge in [-0.25, -0.2) is 0 Å². The minimum atomic E-state index is -0.0727. The first-order chi connectivity index (χ1) is 9.49. The van der Waals surface area contributed by atoms with Gasteiger partial charge in [-0.05, 0) is 40.2 Å². The highest BCUT2D eigenvalue weighted by Gasteiger charge is 2.42. The lowest BCUT2D eigenvalue weighted by Crippen LogP contribution is -2.38. The Balaban J connectivity index is 1.91. The lowest BCUT2D eigenvalue weighted by molar-refractivity contribution is -0.145. The van der Waals surface area contributed by atoms with Gasteiger partial charge in [-0.15, -0.1) is 0 Å². The Kier molecular flexibility index (Phi) is 3.32. The third-order valence-electron chi connectivity index (χ3n) is 4.74. The summed E-state index contributed by atoms with van der Waals surface area (Å²) in [5.74, 6) is -0.0522. The van der Waals surface area contributed by atoms with Gasteiger partial charge in [-0.3, -0.25) is 14.4 Å². The van der Waals surface area contributed by atoms with Crippen LogP contribution in [-0.2, 0) is 16.6 Å². The van der Waals surface area contributed by atoms with Crippen molar-refractivity contribution in [3.05, 3.63) is 17.0 Å². The number of nitrogens with zero attached hydrogens (tertiary/aromatic N) is 3. The zero-order chi connectivity index (χ0) is 14.4. The molecule has 0 amide bonds. The molecule has 3 atom stereocenters. The molecule has 0 unspecified atom stereocenters. The van der Waals surface area contributed by atoms with Gasteiger partial charge in [0.15, 0.2) is 0 Å². The van der Waals surface area contributed by atoms with Gasteiger partial charge in [0, 0.05) is 30.8 Å². The zero-order valence-electron chi connectivity index (χ0n) is 12.7. The number of esters is 1. The van der Waals surface area contributed by atoms with Crippen molar-refractivity contribution in [3.63, 3.8) is 0 Å². The number of carbonyl (C=O) groups excluding carboxylic acids is 1. The first-order valence-electron chi connectivity index (χ1n) is 7.45. The lowest BCUT2D eigenvalue weighted by Gasteiger charge is -2.28. The zero-order valence-corrected chi connectivity index (χ0v) is 12.7. The van der Waals surface area contributed by atoms with Crippen LogP contribution in [0.4, 0.5) is 0 Å². The van der Waals surface area contributed by atoms with Crippen molar-refractivity contribution in [2.75, 3.05) is 6.54 Å². The Labute approximate surface area is 119 Å². The summed E-state index contributed by atoms with van der Waals surface area (Å²) in [5, 5.41) is 4.52. The predicted molar refractivity (Wildman–Crippen MR) is 75.3 cm³/mol. The van der Waals surface area contributed by atoms with Crippen LogP contribution in [0, 0.1) is 13.8 Å². The largest absolute Gasteiger partial charge is 0.461 e. The molecular formula is C15H23N3O2. The standard InChI is InChI=1S/C15H23N3O2/c1-9-8-13(15(19)20-9)18-7-5-6-12(18)14-10(2)16-17(4)11(14)3/h9,12-13H,5-8H2,1-4H3/t9-,12-,13+/m0/s1. The summed E-state index contributed by atoms with van der Waals surface area (Å²) >= 11 is 0. The first-order valence-corrected chi connectivity index (χ1v) is 7.45. The molecule has 2 aliphatic heterocycles. The average Bonchev–Trinajstić information content (AvgIpc) is 3.01. The SMILES string of the molecule is Cc1nn(C)c(C)c1[C@@H]1CCCN1[C@@H]1C[C@H](C)OC1=O. The maximum absolute atomic E-state index is 12.0. The summed E-state index contributed by atoms with van der Waals surface area (Å²) in [6, 6.07) is 0.239. The Bertz CT molecular complexity index is 537. The van der Waals surface area contributed by atoms with Gasteiger partial charge >= 0.3 is 5.97 Å². The highest BCUT2D eigenvalue weighted by atomic mass is 16.6. The molecule has 0 aliphatic carbocycles. The third kappa shape index (κ3) is 2.04. The van der Waals surface area contributed by atoms with Gasteiger partial charge in [-0.1, -0.05) is 0 Å². The van der Waals surface area contributed by atoms with Crippen LogP contribution in [0.15, 0.2) is 0 Å². The lowest BCUT2D eigenvalue weighted by atomic mass is 10.0. The number of hydrogen-bond acceptors (Lipinski definition) is 4. The number of aryl methyl sites for hydroxylation is 2. The molecule has 3 rings (SSSR count). The van der Waals surface area contributed by atoms with Gasteiger partial charge in [0.05, 0.1) is 5.69 Å². The van der Waals surface area contributed by atoms with E-state index < -0.39 is 0 Å². The van der Waals surface area contributed by atoms with Crippen molar-refractivity contribution in [1.29, 1.82) is 0 Å². The van der Waals surface area contributed by atoms with E-state index in [4.69, 9.17) is 4.74 Å². The van der Waals surface area contributed by atoms with E-state index in [0.29, 0.717) is 6.04 Å². The highest BCUT2D eigenvalue weighted by molar-refractivity contribution is 5.78. The van der Waals surface area contributed by atoms with Crippen LogP contribution in [0.1, 0.15) is 49.2 Å². The van der Waals surface area contributed by atoms with Gasteiger partial charge in [-0.2, -0.15) is 5.10 Å². The molecule has 0 bridgehead atoms. The second-order valence-corrected chi connectivity index (χ2v) is 6.10. The monoisotopic (exact) mass is 277 g/mol. The molecule has 110 valence electrons. The maximum atomic E-state index is 12.0. The van der Waals surface area contributed by atoms with E-state index in [0.717, 1.165) is 31.5 Å². The maximum Gasteiger partial charge on any atom is 0.323 e. The van der Waals surface area contributed by atoms with Crippen LogP contribution in [0.2, 0.25) is 0 Å². The third-order valence-corrected chi connectivity index (χ3v) is 4.74. The van der Waals surface area contributed by atoms with E-state index >= 15 is 0 Å². The van der Waals surface area contributed by atoms with Crippen molar-refractivity contribution in [3.8, 4) is 0 Å². The van der Waals surface area contributed by atoms with Crippen LogP contribution in [0.5, 0.6) is 0 Å². The van der Waals surface area contributed by atoms with Gasteiger partial charge in [0.1, 0.15) is 12.1 Å². The van der Waals surface area contributed by atoms with Crippen molar-refractivity contribution in [2.45, 2.75) is 58.2 Å². The normalized spacial score (nSPS) is 31.0. The summed E-state index contributed by atoms with van der Waals surface area (Å²) in [6.45, 7) is 7.13. The van der Waals surface area contributed by atoms with Crippen molar-refractivity contribution >= 4 is 5.97 Å². The Hall–Kier alpha value is -1.36. The molecule has 20 heavy (non-hydrogen) atoms. The van der Waals surface area contributed by atoms with E-state index in [1.54, 1.807) is 0 Å². The Morgan fingerprint density at radius 2 is 2.05 bits per heavy atom. The number of carbonyl (C=O) groups is 1. The molecule has 2 saturated heterocycles. The number of likely N-dealkylation sites (tertiary alicyclic amines) is 1. The smallest absolute Gasteiger partial charge is 0.323 e. The fourth-order valence-electron chi connectivity index (χ4n) is 3.75. The van der Waals surface area contributed by atoms with E-state index in [-0.39, 0.29) is 18.1 Å². The van der Waals surface area contributed by atoms with Gasteiger partial charge < -0.3 is 4.74 Å². The molecule has 5 nitrogen and oxygen atoms in total. The number of ether oxygens (including phenoxy) is 1. The molecule has 5 heteroatoms. The molecule has 0 aromatic carbocycles. The van der Waals surface area contributed by atoms with Crippen LogP contribution in [0.25, 0.3) is 0 Å². The summed E-state index contributed by atoms with van der Waals surface area (Å²) < 4.78 is 7.28. The second kappa shape index (κ2) is 4.88. The van der Waals surface area contributed by atoms with E-state index in [9.17, 15) is 4.79 Å². The highest BCUT2D eigenvalue weighted by Crippen LogP contribution is 2.39. The molecule has 0 N–H and O–H groups in total. The van der Waals surface area contributed by atoms with Crippen LogP contribution in [0.3, 0.4) is 0 Å². The fraction of sp³-hybridized carbons (Fsp3) is 0.733. The van der Waals surface area contributed by atoms with Crippen LogP contribution in [-0.4, -0.2) is 39.3 Å². The molecule has 1 aromatic rings. The molecule has 3 heterocycles. The molecular weight excluding hydrogens is 254 g/mol. The van der Waals surface area contributed by atoms with Gasteiger partial charge in [0.2, 0.25) is 0 Å². The summed E-state index contributed by atoms with van der Waals surface area (Å²) in [4.78, 5) is 14.4. The molecule has 2 aliphatic rings. The van der Waals surface area contributed by atoms with Crippen molar-refractivity contribution < 1.29 is 9.53 Å².